The Labute approximate surface area is 126 Å². The Morgan fingerprint density at radius 3 is 2.85 bits per heavy atom. The number of rotatable bonds is 2. The van der Waals surface area contributed by atoms with Crippen molar-refractivity contribution in [1.82, 2.24) is 0 Å². The molecule has 1 unspecified atom stereocenters. The maximum Gasteiger partial charge on any atom is 0.337 e. The highest BCUT2D eigenvalue weighted by Gasteiger charge is 2.24. The van der Waals surface area contributed by atoms with Crippen LogP contribution in [0.4, 0.5) is 5.69 Å². The lowest BCUT2D eigenvalue weighted by atomic mass is 10.0. The van der Waals surface area contributed by atoms with E-state index < -0.39 is 0 Å². The Hall–Kier alpha value is -1.81. The minimum atomic E-state index is -0.307. The van der Waals surface area contributed by atoms with Gasteiger partial charge in [0.05, 0.1) is 18.7 Å². The van der Waals surface area contributed by atoms with Gasteiger partial charge in [-0.1, -0.05) is 40.2 Å². The number of ether oxygens (including phenoxy) is 1. The summed E-state index contributed by atoms with van der Waals surface area (Å²) in [4.78, 5) is 11.6. The first-order valence-electron chi connectivity index (χ1n) is 6.41. The maximum absolute atomic E-state index is 11.6. The summed E-state index contributed by atoms with van der Waals surface area (Å²) in [5.41, 5.74) is 4.03. The van der Waals surface area contributed by atoms with Crippen molar-refractivity contribution in [3.63, 3.8) is 0 Å². The summed E-state index contributed by atoms with van der Waals surface area (Å²) in [5, 5.41) is 3.47. The number of fused-ring (bicyclic) bond motifs is 1. The molecule has 102 valence electrons. The van der Waals surface area contributed by atoms with Crippen molar-refractivity contribution in [1.29, 1.82) is 0 Å². The van der Waals surface area contributed by atoms with Crippen molar-refractivity contribution in [2.45, 2.75) is 12.5 Å². The Bertz CT molecular complexity index is 669. The summed E-state index contributed by atoms with van der Waals surface area (Å²) in [6.07, 6.45) is 0.916. The second kappa shape index (κ2) is 5.29. The van der Waals surface area contributed by atoms with Crippen LogP contribution in [0.5, 0.6) is 0 Å². The molecule has 1 heterocycles. The van der Waals surface area contributed by atoms with E-state index in [0.29, 0.717) is 5.56 Å². The van der Waals surface area contributed by atoms with Crippen LogP contribution in [0.1, 0.15) is 27.5 Å². The van der Waals surface area contributed by atoms with Gasteiger partial charge in [0.15, 0.2) is 0 Å². The van der Waals surface area contributed by atoms with Crippen LogP contribution < -0.4 is 5.32 Å². The van der Waals surface area contributed by atoms with Crippen LogP contribution in [-0.2, 0) is 11.2 Å². The molecule has 2 aromatic carbocycles. The van der Waals surface area contributed by atoms with E-state index in [1.54, 1.807) is 0 Å². The fourth-order valence-corrected chi connectivity index (χ4v) is 3.10. The third-order valence-corrected chi connectivity index (χ3v) is 4.29. The quantitative estimate of drug-likeness (QED) is 0.847. The first-order valence-corrected chi connectivity index (χ1v) is 7.20. The molecule has 0 aromatic heterocycles. The van der Waals surface area contributed by atoms with Gasteiger partial charge in [0, 0.05) is 10.2 Å². The Morgan fingerprint density at radius 2 is 2.10 bits per heavy atom. The number of halogens is 1. The van der Waals surface area contributed by atoms with Gasteiger partial charge in [0.25, 0.3) is 0 Å². The fraction of sp³-hybridized carbons (Fsp3) is 0.188. The third-order valence-electron chi connectivity index (χ3n) is 3.57. The first kappa shape index (κ1) is 13.2. The normalized spacial score (nSPS) is 16.4. The summed E-state index contributed by atoms with van der Waals surface area (Å²) in [6, 6.07) is 14.1. The van der Waals surface area contributed by atoms with Crippen LogP contribution >= 0.6 is 15.9 Å². The predicted octanol–water partition coefficient (Wildman–Crippen LogP) is 3.95. The lowest BCUT2D eigenvalue weighted by Crippen LogP contribution is -2.06. The number of esters is 1. The van der Waals surface area contributed by atoms with E-state index in [2.05, 4.69) is 27.3 Å². The lowest BCUT2D eigenvalue weighted by molar-refractivity contribution is 0.0601. The molecule has 4 heteroatoms. The number of hydrogen-bond acceptors (Lipinski definition) is 3. The molecule has 0 bridgehead atoms. The van der Waals surface area contributed by atoms with Crippen LogP contribution in [0.25, 0.3) is 0 Å². The summed E-state index contributed by atoms with van der Waals surface area (Å²) in [7, 11) is 1.40. The molecule has 3 nitrogen and oxygen atoms in total. The zero-order chi connectivity index (χ0) is 14.1. The lowest BCUT2D eigenvalue weighted by Gasteiger charge is -2.13. The molecular formula is C16H14BrNO2. The van der Waals surface area contributed by atoms with E-state index in [9.17, 15) is 4.79 Å². The number of benzene rings is 2. The van der Waals surface area contributed by atoms with Gasteiger partial charge in [-0.3, -0.25) is 0 Å². The monoisotopic (exact) mass is 331 g/mol. The molecule has 0 saturated heterocycles. The van der Waals surface area contributed by atoms with E-state index in [-0.39, 0.29) is 12.0 Å². The van der Waals surface area contributed by atoms with Crippen LogP contribution in [-0.4, -0.2) is 13.1 Å². The molecule has 1 aliphatic rings. The maximum atomic E-state index is 11.6. The zero-order valence-corrected chi connectivity index (χ0v) is 12.6. The topological polar surface area (TPSA) is 38.3 Å². The fourth-order valence-electron chi connectivity index (χ4n) is 2.54. The van der Waals surface area contributed by atoms with Crippen molar-refractivity contribution >= 4 is 27.6 Å². The molecule has 1 atom stereocenters. The van der Waals surface area contributed by atoms with Gasteiger partial charge in [-0.25, -0.2) is 4.79 Å². The van der Waals surface area contributed by atoms with Gasteiger partial charge in [0.2, 0.25) is 0 Å². The number of carbonyl (C=O) groups excluding carboxylic acids is 1. The van der Waals surface area contributed by atoms with Crippen molar-refractivity contribution in [3.05, 3.63) is 63.6 Å². The number of nitrogens with one attached hydrogen (secondary N) is 1. The molecule has 0 fully saturated rings. The molecule has 1 N–H and O–H groups in total. The van der Waals surface area contributed by atoms with E-state index >= 15 is 0 Å². The largest absolute Gasteiger partial charge is 0.465 e. The molecule has 0 saturated carbocycles. The predicted molar refractivity (Wildman–Crippen MR) is 82.0 cm³/mol. The molecule has 0 aliphatic carbocycles. The van der Waals surface area contributed by atoms with Gasteiger partial charge in [-0.2, -0.15) is 0 Å². The van der Waals surface area contributed by atoms with Crippen molar-refractivity contribution < 1.29 is 9.53 Å². The number of hydrogen-bond donors (Lipinski definition) is 1. The van der Waals surface area contributed by atoms with Crippen LogP contribution in [0.15, 0.2) is 46.9 Å². The Morgan fingerprint density at radius 1 is 1.30 bits per heavy atom. The Balaban J connectivity index is 1.89. The standard InChI is InChI=1S/C16H14BrNO2/c1-20-16(19)11-7-6-10-8-15(18-14(10)9-11)12-4-2-3-5-13(12)17/h2-7,9,15,18H,8H2,1H3. The molecule has 3 rings (SSSR count). The van der Waals surface area contributed by atoms with Crippen LogP contribution in [0.3, 0.4) is 0 Å². The van der Waals surface area contributed by atoms with Crippen LogP contribution in [0, 0.1) is 0 Å². The number of methoxy groups -OCH3 is 1. The highest BCUT2D eigenvalue weighted by Crippen LogP contribution is 2.37. The summed E-state index contributed by atoms with van der Waals surface area (Å²) in [5.74, 6) is -0.307. The molecule has 0 radical (unpaired) electrons. The summed E-state index contributed by atoms with van der Waals surface area (Å²) in [6.45, 7) is 0. The minimum Gasteiger partial charge on any atom is -0.465 e. The van der Waals surface area contributed by atoms with Crippen molar-refractivity contribution in [3.8, 4) is 0 Å². The highest BCUT2D eigenvalue weighted by atomic mass is 79.9. The molecular weight excluding hydrogens is 318 g/mol. The van der Waals surface area contributed by atoms with Crippen molar-refractivity contribution in [2.24, 2.45) is 0 Å². The Kier molecular flexibility index (Phi) is 3.49. The number of anilines is 1. The smallest absolute Gasteiger partial charge is 0.337 e. The average molecular weight is 332 g/mol. The van der Waals surface area contributed by atoms with Crippen LogP contribution in [0.2, 0.25) is 0 Å². The summed E-state index contributed by atoms with van der Waals surface area (Å²) < 4.78 is 5.85. The third kappa shape index (κ3) is 2.31. The number of carbonyl (C=O) groups is 1. The van der Waals surface area contributed by atoms with Gasteiger partial charge in [-0.15, -0.1) is 0 Å². The minimum absolute atomic E-state index is 0.230. The second-order valence-electron chi connectivity index (χ2n) is 4.79. The molecule has 0 spiro atoms. The summed E-state index contributed by atoms with van der Waals surface area (Å²) >= 11 is 3.59. The van der Waals surface area contributed by atoms with E-state index in [1.165, 1.54) is 18.2 Å². The highest BCUT2D eigenvalue weighted by molar-refractivity contribution is 9.10. The molecule has 2 aromatic rings. The first-order chi connectivity index (χ1) is 9.69. The van der Waals surface area contributed by atoms with E-state index in [0.717, 1.165) is 16.6 Å². The average Bonchev–Trinajstić information content (AvgIpc) is 2.89. The van der Waals surface area contributed by atoms with Gasteiger partial charge >= 0.3 is 5.97 Å². The van der Waals surface area contributed by atoms with E-state index in [4.69, 9.17) is 4.74 Å². The van der Waals surface area contributed by atoms with Gasteiger partial charge in [0.1, 0.15) is 0 Å². The zero-order valence-electron chi connectivity index (χ0n) is 11.0. The van der Waals surface area contributed by atoms with Gasteiger partial charge in [-0.05, 0) is 35.7 Å². The second-order valence-corrected chi connectivity index (χ2v) is 5.64. The SMILES string of the molecule is COC(=O)c1ccc2c(c1)NC(c1ccccc1Br)C2. The molecule has 20 heavy (non-hydrogen) atoms. The molecule has 1 aliphatic heterocycles. The molecule has 0 amide bonds. The van der Waals surface area contributed by atoms with E-state index in [1.807, 2.05) is 36.4 Å². The van der Waals surface area contributed by atoms with Crippen molar-refractivity contribution in [2.75, 3.05) is 12.4 Å². The van der Waals surface area contributed by atoms with Gasteiger partial charge < -0.3 is 10.1 Å².